The normalized spacial score (nSPS) is 11.2. The molecule has 14 heavy (non-hydrogen) atoms. The summed E-state index contributed by atoms with van der Waals surface area (Å²) in [6.07, 6.45) is 3.99. The van der Waals surface area contributed by atoms with Gasteiger partial charge in [0.15, 0.2) is 5.13 Å². The first-order valence-electron chi connectivity index (χ1n) is 3.88. The Kier molecular flexibility index (Phi) is 3.00. The Morgan fingerprint density at radius 2 is 2.21 bits per heavy atom. The summed E-state index contributed by atoms with van der Waals surface area (Å²) >= 11 is 6.60. The van der Waals surface area contributed by atoms with Crippen molar-refractivity contribution in [3.05, 3.63) is 31.9 Å². The third-order valence-electron chi connectivity index (χ3n) is 1.59. The summed E-state index contributed by atoms with van der Waals surface area (Å²) in [4.78, 5) is 5.33. The molecule has 0 unspecified atom stereocenters. The molecule has 0 aromatic carbocycles. The van der Waals surface area contributed by atoms with Crippen molar-refractivity contribution >= 4 is 55.9 Å². The molecule has 0 saturated heterocycles. The smallest absolute Gasteiger partial charge is 0.180 e. The van der Waals surface area contributed by atoms with E-state index in [1.807, 2.05) is 29.0 Å². The van der Waals surface area contributed by atoms with Crippen LogP contribution in [0.4, 0.5) is 5.13 Å². The lowest BCUT2D eigenvalue weighted by Crippen LogP contribution is -1.80. The van der Waals surface area contributed by atoms with Crippen LogP contribution in [0, 0.1) is 0 Å². The highest BCUT2D eigenvalue weighted by atomic mass is 79.9. The van der Waals surface area contributed by atoms with Crippen molar-refractivity contribution in [2.45, 2.75) is 0 Å². The van der Waals surface area contributed by atoms with Crippen molar-refractivity contribution in [2.75, 3.05) is 5.73 Å². The molecule has 2 aromatic heterocycles. The van der Waals surface area contributed by atoms with Gasteiger partial charge >= 0.3 is 0 Å². The van der Waals surface area contributed by atoms with E-state index in [0.717, 1.165) is 10.2 Å². The standard InChI is InChI=1S/C9H7BrN2S2/c10-7-3-4-13-8(7)2-1-6-5-14-9(11)12-6/h1-5H,(H2,11,12)/b2-1+. The Hall–Kier alpha value is -0.650. The number of anilines is 1. The van der Waals surface area contributed by atoms with Crippen molar-refractivity contribution in [1.29, 1.82) is 0 Å². The number of thiophene rings is 1. The molecule has 2 aromatic rings. The van der Waals surface area contributed by atoms with Gasteiger partial charge < -0.3 is 5.73 Å². The monoisotopic (exact) mass is 286 g/mol. The van der Waals surface area contributed by atoms with Crippen molar-refractivity contribution in [1.82, 2.24) is 4.98 Å². The molecule has 0 aliphatic heterocycles. The molecule has 0 bridgehead atoms. The highest BCUT2D eigenvalue weighted by Gasteiger charge is 1.97. The van der Waals surface area contributed by atoms with Gasteiger partial charge in [-0.05, 0) is 39.5 Å². The topological polar surface area (TPSA) is 38.9 Å². The van der Waals surface area contributed by atoms with E-state index in [0.29, 0.717) is 5.13 Å². The van der Waals surface area contributed by atoms with E-state index >= 15 is 0 Å². The molecule has 0 radical (unpaired) electrons. The highest BCUT2D eigenvalue weighted by molar-refractivity contribution is 9.10. The quantitative estimate of drug-likeness (QED) is 0.914. The second-order valence-electron chi connectivity index (χ2n) is 2.58. The minimum atomic E-state index is 0.606. The molecule has 0 aliphatic rings. The van der Waals surface area contributed by atoms with Crippen LogP contribution in [-0.2, 0) is 0 Å². The fraction of sp³-hybridized carbons (Fsp3) is 0. The first kappa shape index (κ1) is 9.89. The van der Waals surface area contributed by atoms with Crippen LogP contribution < -0.4 is 5.73 Å². The maximum atomic E-state index is 5.52. The molecule has 72 valence electrons. The number of thiazole rings is 1. The molecule has 2 heterocycles. The predicted molar refractivity (Wildman–Crippen MR) is 67.5 cm³/mol. The molecular weight excluding hydrogens is 280 g/mol. The Bertz CT molecular complexity index is 459. The van der Waals surface area contributed by atoms with Crippen LogP contribution >= 0.6 is 38.6 Å². The summed E-state index contributed by atoms with van der Waals surface area (Å²) in [6.45, 7) is 0. The van der Waals surface area contributed by atoms with Crippen LogP contribution in [0.1, 0.15) is 10.6 Å². The lowest BCUT2D eigenvalue weighted by atomic mass is 10.4. The van der Waals surface area contributed by atoms with E-state index in [2.05, 4.69) is 20.9 Å². The predicted octanol–water partition coefficient (Wildman–Crippen LogP) is 3.72. The first-order chi connectivity index (χ1) is 6.75. The summed E-state index contributed by atoms with van der Waals surface area (Å²) in [6, 6.07) is 2.03. The van der Waals surface area contributed by atoms with Crippen LogP contribution in [-0.4, -0.2) is 4.98 Å². The van der Waals surface area contributed by atoms with E-state index in [4.69, 9.17) is 5.73 Å². The van der Waals surface area contributed by atoms with Crippen LogP contribution in [0.3, 0.4) is 0 Å². The lowest BCUT2D eigenvalue weighted by molar-refractivity contribution is 1.39. The molecule has 0 amide bonds. The Balaban J connectivity index is 2.19. The number of hydrogen-bond acceptors (Lipinski definition) is 4. The summed E-state index contributed by atoms with van der Waals surface area (Å²) in [5.41, 5.74) is 6.43. The zero-order valence-corrected chi connectivity index (χ0v) is 10.3. The van der Waals surface area contributed by atoms with Crippen LogP contribution in [0.25, 0.3) is 12.2 Å². The van der Waals surface area contributed by atoms with Crippen molar-refractivity contribution in [2.24, 2.45) is 0 Å². The Morgan fingerprint density at radius 1 is 1.36 bits per heavy atom. The van der Waals surface area contributed by atoms with Crippen LogP contribution in [0.5, 0.6) is 0 Å². The van der Waals surface area contributed by atoms with Gasteiger partial charge in [0.2, 0.25) is 0 Å². The number of rotatable bonds is 2. The van der Waals surface area contributed by atoms with Crippen LogP contribution in [0.15, 0.2) is 21.3 Å². The SMILES string of the molecule is Nc1nc(/C=C/c2sccc2Br)cs1. The Labute approximate surface area is 98.2 Å². The number of nitrogens with zero attached hydrogens (tertiary/aromatic N) is 1. The summed E-state index contributed by atoms with van der Waals surface area (Å²) in [5, 5.41) is 4.59. The number of nitrogen functional groups attached to an aromatic ring is 1. The minimum absolute atomic E-state index is 0.606. The molecule has 5 heteroatoms. The maximum absolute atomic E-state index is 5.52. The molecule has 0 aliphatic carbocycles. The van der Waals surface area contributed by atoms with E-state index in [9.17, 15) is 0 Å². The summed E-state index contributed by atoms with van der Waals surface area (Å²) in [5.74, 6) is 0. The zero-order valence-electron chi connectivity index (χ0n) is 7.11. The highest BCUT2D eigenvalue weighted by Crippen LogP contribution is 2.25. The minimum Gasteiger partial charge on any atom is -0.375 e. The number of hydrogen-bond donors (Lipinski definition) is 1. The number of halogens is 1. The molecule has 0 saturated carbocycles. The van der Waals surface area contributed by atoms with Gasteiger partial charge in [0.25, 0.3) is 0 Å². The van der Waals surface area contributed by atoms with Gasteiger partial charge in [-0.3, -0.25) is 0 Å². The maximum Gasteiger partial charge on any atom is 0.180 e. The molecule has 2 N–H and O–H groups in total. The average molecular weight is 287 g/mol. The van der Waals surface area contributed by atoms with Gasteiger partial charge in [-0.1, -0.05) is 0 Å². The third-order valence-corrected chi connectivity index (χ3v) is 4.12. The van der Waals surface area contributed by atoms with E-state index < -0.39 is 0 Å². The molecule has 2 nitrogen and oxygen atoms in total. The van der Waals surface area contributed by atoms with Crippen LogP contribution in [0.2, 0.25) is 0 Å². The second kappa shape index (κ2) is 4.25. The van der Waals surface area contributed by atoms with E-state index in [-0.39, 0.29) is 0 Å². The van der Waals surface area contributed by atoms with Gasteiger partial charge in [0.05, 0.1) is 5.69 Å². The molecule has 2 rings (SSSR count). The van der Waals surface area contributed by atoms with Gasteiger partial charge in [-0.2, -0.15) is 0 Å². The van der Waals surface area contributed by atoms with E-state index in [1.165, 1.54) is 16.2 Å². The lowest BCUT2D eigenvalue weighted by Gasteiger charge is -1.86. The molecular formula is C9H7BrN2S2. The van der Waals surface area contributed by atoms with Gasteiger partial charge in [-0.25, -0.2) is 4.98 Å². The summed E-state index contributed by atoms with van der Waals surface area (Å²) < 4.78 is 1.11. The Morgan fingerprint density at radius 3 is 2.79 bits per heavy atom. The van der Waals surface area contributed by atoms with Gasteiger partial charge in [-0.15, -0.1) is 22.7 Å². The average Bonchev–Trinajstić information content (AvgIpc) is 2.72. The summed E-state index contributed by atoms with van der Waals surface area (Å²) in [7, 11) is 0. The third kappa shape index (κ3) is 2.23. The largest absolute Gasteiger partial charge is 0.375 e. The molecule has 0 spiro atoms. The van der Waals surface area contributed by atoms with Crippen molar-refractivity contribution in [3.63, 3.8) is 0 Å². The fourth-order valence-corrected chi connectivity index (χ4v) is 2.89. The van der Waals surface area contributed by atoms with Gasteiger partial charge in [0.1, 0.15) is 0 Å². The second-order valence-corrected chi connectivity index (χ2v) is 5.27. The molecule has 0 atom stereocenters. The van der Waals surface area contributed by atoms with Crippen molar-refractivity contribution in [3.8, 4) is 0 Å². The van der Waals surface area contributed by atoms with Gasteiger partial charge in [0, 0.05) is 14.7 Å². The fourth-order valence-electron chi connectivity index (χ4n) is 0.963. The zero-order chi connectivity index (χ0) is 9.97. The molecule has 0 fully saturated rings. The number of aromatic nitrogens is 1. The number of nitrogens with two attached hydrogens (primary N) is 1. The van der Waals surface area contributed by atoms with E-state index in [1.54, 1.807) is 11.3 Å². The van der Waals surface area contributed by atoms with Crippen molar-refractivity contribution < 1.29 is 0 Å². The first-order valence-corrected chi connectivity index (χ1v) is 6.43.